The third-order valence-corrected chi connectivity index (χ3v) is 6.51. The van der Waals surface area contributed by atoms with Gasteiger partial charge in [-0.05, 0) is 56.6 Å². The van der Waals surface area contributed by atoms with Crippen LogP contribution in [-0.4, -0.2) is 60.8 Å². The second-order valence-corrected chi connectivity index (χ2v) is 8.84. The molecule has 32 heavy (non-hydrogen) atoms. The first kappa shape index (κ1) is 22.9. The number of piperidine rings is 1. The Morgan fingerprint density at radius 2 is 2.00 bits per heavy atom. The van der Waals surface area contributed by atoms with Crippen molar-refractivity contribution in [1.29, 1.82) is 0 Å². The third-order valence-electron chi connectivity index (χ3n) is 6.12. The maximum absolute atomic E-state index is 13.2. The SMILES string of the molecule is O=C1CCCCCN1Cc1nn(CN2CCC[C@H](C(F)(F)F)C2)c(=S)n1-c1cccnc1. The lowest BCUT2D eigenvalue weighted by Crippen LogP contribution is -2.42. The summed E-state index contributed by atoms with van der Waals surface area (Å²) < 4.78 is 43.4. The number of amides is 1. The number of pyridine rings is 1. The Balaban J connectivity index is 1.62. The van der Waals surface area contributed by atoms with E-state index < -0.39 is 12.1 Å². The minimum Gasteiger partial charge on any atom is -0.335 e. The molecule has 2 aromatic heterocycles. The van der Waals surface area contributed by atoms with E-state index in [1.807, 2.05) is 6.07 Å². The number of aromatic nitrogens is 4. The van der Waals surface area contributed by atoms with Crippen molar-refractivity contribution >= 4 is 18.1 Å². The van der Waals surface area contributed by atoms with E-state index in [-0.39, 0.29) is 25.5 Å². The van der Waals surface area contributed by atoms with Gasteiger partial charge in [0.1, 0.15) is 0 Å². The number of alkyl halides is 3. The Labute approximate surface area is 189 Å². The fraction of sp³-hybridized carbons (Fsp3) is 0.619. The molecule has 1 amide bonds. The molecule has 2 aliphatic heterocycles. The van der Waals surface area contributed by atoms with E-state index in [1.165, 1.54) is 0 Å². The summed E-state index contributed by atoms with van der Waals surface area (Å²) in [6, 6.07) is 3.64. The Kier molecular flexibility index (Phi) is 6.94. The van der Waals surface area contributed by atoms with Crippen molar-refractivity contribution in [1.82, 2.24) is 29.1 Å². The van der Waals surface area contributed by atoms with Gasteiger partial charge in [0, 0.05) is 25.7 Å². The van der Waals surface area contributed by atoms with Gasteiger partial charge in [0.25, 0.3) is 0 Å². The van der Waals surface area contributed by atoms with Crippen molar-refractivity contribution < 1.29 is 18.0 Å². The zero-order chi connectivity index (χ0) is 22.7. The number of carbonyl (C=O) groups is 1. The fourth-order valence-corrected chi connectivity index (χ4v) is 4.72. The normalized spacial score (nSPS) is 21.0. The number of hydrogen-bond acceptors (Lipinski definition) is 5. The molecule has 4 rings (SSSR count). The van der Waals surface area contributed by atoms with Crippen LogP contribution < -0.4 is 0 Å². The van der Waals surface area contributed by atoms with E-state index in [2.05, 4.69) is 10.1 Å². The summed E-state index contributed by atoms with van der Waals surface area (Å²) in [6.45, 7) is 1.64. The van der Waals surface area contributed by atoms with Gasteiger partial charge in [-0.25, -0.2) is 4.68 Å². The van der Waals surface area contributed by atoms with Gasteiger partial charge in [0.05, 0.1) is 31.0 Å². The first-order valence-corrected chi connectivity index (χ1v) is 11.4. The monoisotopic (exact) mass is 468 g/mol. The summed E-state index contributed by atoms with van der Waals surface area (Å²) in [7, 11) is 0. The molecule has 2 aliphatic rings. The molecule has 0 radical (unpaired) electrons. The summed E-state index contributed by atoms with van der Waals surface area (Å²) in [6.07, 6.45) is 3.10. The molecule has 0 aliphatic carbocycles. The zero-order valence-corrected chi connectivity index (χ0v) is 18.6. The lowest BCUT2D eigenvalue weighted by atomic mass is 9.98. The summed E-state index contributed by atoms with van der Waals surface area (Å²) in [5.74, 6) is -0.660. The van der Waals surface area contributed by atoms with Crippen LogP contribution in [0.15, 0.2) is 24.5 Å². The first-order valence-electron chi connectivity index (χ1n) is 11.0. The average Bonchev–Trinajstić information content (AvgIpc) is 2.92. The average molecular weight is 469 g/mol. The molecule has 0 saturated carbocycles. The number of nitrogens with zero attached hydrogens (tertiary/aromatic N) is 6. The lowest BCUT2D eigenvalue weighted by Gasteiger charge is -2.33. The van der Waals surface area contributed by atoms with Gasteiger partial charge in [-0.2, -0.15) is 18.3 Å². The van der Waals surface area contributed by atoms with Gasteiger partial charge >= 0.3 is 6.18 Å². The molecular formula is C21H27F3N6OS. The highest BCUT2D eigenvalue weighted by atomic mass is 32.1. The van der Waals surface area contributed by atoms with Gasteiger partial charge in [-0.15, -0.1) is 0 Å². The van der Waals surface area contributed by atoms with Crippen molar-refractivity contribution in [3.05, 3.63) is 35.1 Å². The predicted octanol–water partition coefficient (Wildman–Crippen LogP) is 3.93. The van der Waals surface area contributed by atoms with Crippen LogP contribution in [-0.2, 0) is 18.0 Å². The van der Waals surface area contributed by atoms with Crippen molar-refractivity contribution in [3.8, 4) is 5.69 Å². The third kappa shape index (κ3) is 5.20. The van der Waals surface area contributed by atoms with Gasteiger partial charge in [-0.1, -0.05) is 6.42 Å². The molecule has 7 nitrogen and oxygen atoms in total. The summed E-state index contributed by atoms with van der Waals surface area (Å²) in [5.41, 5.74) is 0.716. The lowest BCUT2D eigenvalue weighted by molar-refractivity contribution is -0.188. The molecule has 2 fully saturated rings. The number of carbonyl (C=O) groups excluding carboxylic acids is 1. The molecular weight excluding hydrogens is 441 g/mol. The van der Waals surface area contributed by atoms with E-state index in [0.29, 0.717) is 48.8 Å². The minimum absolute atomic E-state index is 0.0645. The molecule has 2 saturated heterocycles. The van der Waals surface area contributed by atoms with Crippen molar-refractivity contribution in [2.75, 3.05) is 19.6 Å². The number of rotatable bonds is 5. The van der Waals surface area contributed by atoms with E-state index in [1.54, 1.807) is 37.5 Å². The Hall–Kier alpha value is -2.27. The van der Waals surface area contributed by atoms with E-state index in [4.69, 9.17) is 12.2 Å². The van der Waals surface area contributed by atoms with Crippen molar-refractivity contribution in [2.45, 2.75) is 57.9 Å². The van der Waals surface area contributed by atoms with Crippen LogP contribution in [0.1, 0.15) is 44.3 Å². The Morgan fingerprint density at radius 3 is 2.75 bits per heavy atom. The second-order valence-electron chi connectivity index (χ2n) is 8.47. The number of halogens is 3. The van der Waals surface area contributed by atoms with Crippen LogP contribution in [0.3, 0.4) is 0 Å². The smallest absolute Gasteiger partial charge is 0.335 e. The Morgan fingerprint density at radius 1 is 1.16 bits per heavy atom. The molecule has 0 N–H and O–H groups in total. The minimum atomic E-state index is -4.20. The van der Waals surface area contributed by atoms with Crippen molar-refractivity contribution in [2.24, 2.45) is 5.92 Å². The van der Waals surface area contributed by atoms with Crippen LogP contribution in [0.5, 0.6) is 0 Å². The molecule has 0 spiro atoms. The molecule has 2 aromatic rings. The predicted molar refractivity (Wildman–Crippen MR) is 114 cm³/mol. The van der Waals surface area contributed by atoms with E-state index >= 15 is 0 Å². The highest BCUT2D eigenvalue weighted by Gasteiger charge is 2.41. The molecule has 1 atom stereocenters. The highest BCUT2D eigenvalue weighted by molar-refractivity contribution is 7.71. The van der Waals surface area contributed by atoms with Crippen LogP contribution in [0.4, 0.5) is 13.2 Å². The van der Waals surface area contributed by atoms with Gasteiger partial charge in [0.15, 0.2) is 5.82 Å². The second kappa shape index (κ2) is 9.70. The van der Waals surface area contributed by atoms with E-state index in [0.717, 1.165) is 19.3 Å². The maximum atomic E-state index is 13.2. The number of likely N-dealkylation sites (tertiary alicyclic amines) is 2. The summed E-state index contributed by atoms with van der Waals surface area (Å²) in [4.78, 5) is 20.2. The molecule has 11 heteroatoms. The Bertz CT molecular complexity index is 990. The molecule has 4 heterocycles. The van der Waals surface area contributed by atoms with Gasteiger partial charge in [0.2, 0.25) is 10.7 Å². The molecule has 174 valence electrons. The van der Waals surface area contributed by atoms with Crippen LogP contribution >= 0.6 is 12.2 Å². The van der Waals surface area contributed by atoms with Gasteiger partial charge < -0.3 is 4.90 Å². The summed E-state index contributed by atoms with van der Waals surface area (Å²) >= 11 is 5.67. The zero-order valence-electron chi connectivity index (χ0n) is 17.8. The molecule has 0 aromatic carbocycles. The maximum Gasteiger partial charge on any atom is 0.393 e. The topological polar surface area (TPSA) is 59.2 Å². The summed E-state index contributed by atoms with van der Waals surface area (Å²) in [5, 5.41) is 4.66. The van der Waals surface area contributed by atoms with Crippen LogP contribution in [0.2, 0.25) is 0 Å². The molecule has 0 bridgehead atoms. The van der Waals surface area contributed by atoms with E-state index in [9.17, 15) is 18.0 Å². The van der Waals surface area contributed by atoms with Crippen LogP contribution in [0.25, 0.3) is 5.69 Å². The number of hydrogen-bond donors (Lipinski definition) is 0. The first-order chi connectivity index (χ1) is 15.3. The quantitative estimate of drug-likeness (QED) is 0.623. The fourth-order valence-electron chi connectivity index (χ4n) is 4.41. The molecule has 0 unspecified atom stereocenters. The largest absolute Gasteiger partial charge is 0.393 e. The van der Waals surface area contributed by atoms with Crippen molar-refractivity contribution in [3.63, 3.8) is 0 Å². The standard InChI is InChI=1S/C21H27F3N6OS/c22-21(23,24)16-6-5-10-27(13-16)15-29-20(32)30(17-7-4-9-25-12-17)18(26-29)14-28-11-3-1-2-8-19(28)31/h4,7,9,12,16H,1-3,5-6,8,10-11,13-15H2/t16-/m0/s1. The van der Waals surface area contributed by atoms with Crippen LogP contribution in [0, 0.1) is 10.7 Å². The highest BCUT2D eigenvalue weighted by Crippen LogP contribution is 2.33. The van der Waals surface area contributed by atoms with Gasteiger partial charge in [-0.3, -0.25) is 19.2 Å².